The smallest absolute Gasteiger partial charge is 0.336 e. The molecule has 0 heterocycles. The Morgan fingerprint density at radius 2 is 2.04 bits per heavy atom. The van der Waals surface area contributed by atoms with Crippen LogP contribution in [0.4, 0.5) is 0 Å². The van der Waals surface area contributed by atoms with Crippen molar-refractivity contribution in [2.24, 2.45) is 5.92 Å². The van der Waals surface area contributed by atoms with E-state index in [0.29, 0.717) is 12.5 Å². The Labute approximate surface area is 136 Å². The lowest BCUT2D eigenvalue weighted by molar-refractivity contribution is -0.148. The summed E-state index contributed by atoms with van der Waals surface area (Å²) in [6.07, 6.45) is 1.23. The summed E-state index contributed by atoms with van der Waals surface area (Å²) in [5.74, 6) is 0.0331. The van der Waals surface area contributed by atoms with E-state index in [0.717, 1.165) is 18.4 Å². The minimum Gasteiger partial charge on any atom is -0.492 e. The van der Waals surface area contributed by atoms with Crippen LogP contribution in [-0.4, -0.2) is 34.2 Å². The van der Waals surface area contributed by atoms with E-state index in [9.17, 15) is 13.2 Å². The van der Waals surface area contributed by atoms with E-state index in [1.54, 1.807) is 19.1 Å². The second kappa shape index (κ2) is 7.31. The van der Waals surface area contributed by atoms with Crippen molar-refractivity contribution < 1.29 is 26.9 Å². The summed E-state index contributed by atoms with van der Waals surface area (Å²) in [6, 6.07) is 4.77. The zero-order valence-corrected chi connectivity index (χ0v) is 14.4. The quantitative estimate of drug-likeness (QED) is 0.533. The van der Waals surface area contributed by atoms with Crippen molar-refractivity contribution in [3.05, 3.63) is 23.8 Å². The Balaban J connectivity index is 2.24. The number of aryl methyl sites for hydroxylation is 1. The van der Waals surface area contributed by atoms with Crippen LogP contribution in [0.3, 0.4) is 0 Å². The lowest BCUT2D eigenvalue weighted by atomic mass is 10.2. The summed E-state index contributed by atoms with van der Waals surface area (Å²) in [6.45, 7) is 3.99. The maximum absolute atomic E-state index is 12.5. The van der Waals surface area contributed by atoms with Gasteiger partial charge < -0.3 is 9.47 Å². The monoisotopic (exact) mass is 342 g/mol. The lowest BCUT2D eigenvalue weighted by Gasteiger charge is -2.16. The van der Waals surface area contributed by atoms with Crippen molar-refractivity contribution in [2.45, 2.75) is 44.1 Å². The molecular weight excluding hydrogens is 320 g/mol. The summed E-state index contributed by atoms with van der Waals surface area (Å²) < 4.78 is 40.3. The van der Waals surface area contributed by atoms with Crippen LogP contribution < -0.4 is 4.74 Å². The van der Waals surface area contributed by atoms with E-state index in [4.69, 9.17) is 8.92 Å². The standard InChI is InChI=1S/C16H22O6S/c1-4-13(16(17)20-3)22-23(18,19)15-8-5-11(2)9-14(15)21-10-12-6-7-12/h5,8-9,12-13H,4,6-7,10H2,1-3H3. The number of carbonyl (C=O) groups excluding carboxylic acids is 1. The molecule has 0 bridgehead atoms. The van der Waals surface area contributed by atoms with Gasteiger partial charge in [-0.1, -0.05) is 13.0 Å². The molecule has 0 aromatic heterocycles. The molecule has 1 aromatic carbocycles. The van der Waals surface area contributed by atoms with Gasteiger partial charge in [0.25, 0.3) is 0 Å². The van der Waals surface area contributed by atoms with Gasteiger partial charge in [-0.25, -0.2) is 4.79 Å². The van der Waals surface area contributed by atoms with Crippen LogP contribution in [0.15, 0.2) is 23.1 Å². The van der Waals surface area contributed by atoms with E-state index in [-0.39, 0.29) is 17.1 Å². The molecule has 1 aliphatic carbocycles. The molecule has 0 amide bonds. The van der Waals surface area contributed by atoms with Crippen LogP contribution in [0, 0.1) is 12.8 Å². The molecule has 2 rings (SSSR count). The average Bonchev–Trinajstić information content (AvgIpc) is 3.34. The number of rotatable bonds is 8. The van der Waals surface area contributed by atoms with Crippen molar-refractivity contribution >= 4 is 16.1 Å². The topological polar surface area (TPSA) is 78.9 Å². The molecular formula is C16H22O6S. The zero-order valence-electron chi connectivity index (χ0n) is 13.6. The van der Waals surface area contributed by atoms with Gasteiger partial charge in [0, 0.05) is 0 Å². The maximum atomic E-state index is 12.5. The van der Waals surface area contributed by atoms with Crippen LogP contribution in [0.2, 0.25) is 0 Å². The van der Waals surface area contributed by atoms with Crippen LogP contribution in [-0.2, 0) is 23.8 Å². The number of esters is 1. The predicted octanol–water partition coefficient (Wildman–Crippen LogP) is 2.44. The molecule has 1 unspecified atom stereocenters. The molecule has 1 aliphatic rings. The largest absolute Gasteiger partial charge is 0.492 e. The third-order valence-electron chi connectivity index (χ3n) is 3.62. The van der Waals surface area contributed by atoms with Crippen LogP contribution >= 0.6 is 0 Å². The molecule has 1 fully saturated rings. The van der Waals surface area contributed by atoms with Gasteiger partial charge in [-0.3, -0.25) is 4.18 Å². The first kappa shape index (κ1) is 17.7. The summed E-state index contributed by atoms with van der Waals surface area (Å²) in [5, 5.41) is 0. The second-order valence-electron chi connectivity index (χ2n) is 5.67. The highest BCUT2D eigenvalue weighted by Crippen LogP contribution is 2.32. The molecule has 23 heavy (non-hydrogen) atoms. The SMILES string of the molecule is CCC(OS(=O)(=O)c1ccc(C)cc1OCC1CC1)C(=O)OC. The van der Waals surface area contributed by atoms with E-state index in [1.807, 2.05) is 6.92 Å². The van der Waals surface area contributed by atoms with Gasteiger partial charge in [0.2, 0.25) is 0 Å². The Bertz CT molecular complexity index is 663. The molecule has 0 aliphatic heterocycles. The number of benzene rings is 1. The molecule has 7 heteroatoms. The number of hydrogen-bond donors (Lipinski definition) is 0. The molecule has 0 N–H and O–H groups in total. The summed E-state index contributed by atoms with van der Waals surface area (Å²) in [7, 11) is -2.94. The van der Waals surface area contributed by atoms with Crippen LogP contribution in [0.5, 0.6) is 5.75 Å². The van der Waals surface area contributed by atoms with Gasteiger partial charge in [-0.05, 0) is 49.8 Å². The van der Waals surface area contributed by atoms with Gasteiger partial charge in [0.1, 0.15) is 10.6 Å². The molecule has 1 saturated carbocycles. The van der Waals surface area contributed by atoms with Crippen molar-refractivity contribution in [3.8, 4) is 5.75 Å². The third kappa shape index (κ3) is 4.68. The molecule has 128 valence electrons. The maximum Gasteiger partial charge on any atom is 0.336 e. The summed E-state index contributed by atoms with van der Waals surface area (Å²) >= 11 is 0. The molecule has 0 radical (unpaired) electrons. The van der Waals surface area contributed by atoms with Gasteiger partial charge in [-0.15, -0.1) is 0 Å². The molecule has 0 spiro atoms. The first-order chi connectivity index (χ1) is 10.9. The Hall–Kier alpha value is -1.60. The van der Waals surface area contributed by atoms with Crippen molar-refractivity contribution in [2.75, 3.05) is 13.7 Å². The van der Waals surface area contributed by atoms with Crippen LogP contribution in [0.25, 0.3) is 0 Å². The van der Waals surface area contributed by atoms with E-state index < -0.39 is 22.2 Å². The van der Waals surface area contributed by atoms with Crippen molar-refractivity contribution in [1.82, 2.24) is 0 Å². The fourth-order valence-electron chi connectivity index (χ4n) is 2.04. The van der Waals surface area contributed by atoms with E-state index in [2.05, 4.69) is 4.74 Å². The first-order valence-electron chi connectivity index (χ1n) is 7.62. The highest BCUT2D eigenvalue weighted by atomic mass is 32.2. The number of methoxy groups -OCH3 is 1. The van der Waals surface area contributed by atoms with Gasteiger partial charge in [0.15, 0.2) is 6.10 Å². The van der Waals surface area contributed by atoms with Crippen molar-refractivity contribution in [3.63, 3.8) is 0 Å². The average molecular weight is 342 g/mol. The van der Waals surface area contributed by atoms with E-state index >= 15 is 0 Å². The Kier molecular flexibility index (Phi) is 5.64. The Morgan fingerprint density at radius 1 is 1.35 bits per heavy atom. The molecule has 0 saturated heterocycles. The first-order valence-corrected chi connectivity index (χ1v) is 9.02. The minimum absolute atomic E-state index is 0.0638. The van der Waals surface area contributed by atoms with Crippen LogP contribution in [0.1, 0.15) is 31.7 Å². The number of ether oxygens (including phenoxy) is 2. The summed E-state index contributed by atoms with van der Waals surface area (Å²) in [4.78, 5) is 11.5. The fraction of sp³-hybridized carbons (Fsp3) is 0.562. The normalized spacial score (nSPS) is 16.0. The minimum atomic E-state index is -4.13. The van der Waals surface area contributed by atoms with Gasteiger partial charge in [0.05, 0.1) is 13.7 Å². The molecule has 1 aromatic rings. The fourth-order valence-corrected chi connectivity index (χ4v) is 3.26. The number of carbonyl (C=O) groups is 1. The predicted molar refractivity (Wildman–Crippen MR) is 83.8 cm³/mol. The lowest BCUT2D eigenvalue weighted by Crippen LogP contribution is -2.28. The molecule has 1 atom stereocenters. The van der Waals surface area contributed by atoms with Gasteiger partial charge >= 0.3 is 16.1 Å². The number of hydrogen-bond acceptors (Lipinski definition) is 6. The summed E-state index contributed by atoms with van der Waals surface area (Å²) in [5.41, 5.74) is 0.884. The van der Waals surface area contributed by atoms with E-state index in [1.165, 1.54) is 13.2 Å². The third-order valence-corrected chi connectivity index (χ3v) is 4.98. The van der Waals surface area contributed by atoms with Gasteiger partial charge in [-0.2, -0.15) is 8.42 Å². The highest BCUT2D eigenvalue weighted by molar-refractivity contribution is 7.87. The van der Waals surface area contributed by atoms with Crippen molar-refractivity contribution in [1.29, 1.82) is 0 Å². The highest BCUT2D eigenvalue weighted by Gasteiger charge is 2.30. The molecule has 6 nitrogen and oxygen atoms in total. The Morgan fingerprint density at radius 3 is 2.61 bits per heavy atom. The second-order valence-corrected chi connectivity index (χ2v) is 7.22. The zero-order chi connectivity index (χ0) is 17.0.